The summed E-state index contributed by atoms with van der Waals surface area (Å²) < 4.78 is 5.65. The number of pyridine rings is 1. The maximum atomic E-state index is 5.65. The Hall–Kier alpha value is -1.42. The lowest BCUT2D eigenvalue weighted by atomic mass is 10.2. The molecule has 4 heteroatoms. The van der Waals surface area contributed by atoms with Gasteiger partial charge in [0.15, 0.2) is 0 Å². The van der Waals surface area contributed by atoms with E-state index in [1.165, 1.54) is 10.4 Å². The summed E-state index contributed by atoms with van der Waals surface area (Å²) in [6, 6.07) is 4.00. The predicted octanol–water partition coefficient (Wildman–Crippen LogP) is 3.08. The van der Waals surface area contributed by atoms with Gasteiger partial charge in [-0.25, -0.2) is 9.97 Å². The van der Waals surface area contributed by atoms with Gasteiger partial charge in [-0.05, 0) is 32.4 Å². The molecule has 0 aliphatic rings. The first-order valence-electron chi connectivity index (χ1n) is 5.63. The lowest BCUT2D eigenvalue weighted by Crippen LogP contribution is -2.02. The average Bonchev–Trinajstić information content (AvgIpc) is 2.63. The van der Waals surface area contributed by atoms with E-state index in [4.69, 9.17) is 4.74 Å². The summed E-state index contributed by atoms with van der Waals surface area (Å²) in [5.74, 6) is 0.712. The molecule has 2 rings (SSSR count). The Morgan fingerprint density at radius 2 is 2.06 bits per heavy atom. The Morgan fingerprint density at radius 1 is 1.24 bits per heavy atom. The number of ether oxygens (including phenoxy) is 1. The summed E-state index contributed by atoms with van der Waals surface area (Å²) in [4.78, 5) is 9.81. The molecular formula is C13H16N2OS. The second-order valence-electron chi connectivity index (χ2n) is 4.07. The molecule has 3 nitrogen and oxygen atoms in total. The van der Waals surface area contributed by atoms with Gasteiger partial charge in [-0.1, -0.05) is 0 Å². The number of aromatic nitrogens is 2. The number of hydrogen-bond donors (Lipinski definition) is 0. The average molecular weight is 248 g/mol. The van der Waals surface area contributed by atoms with Gasteiger partial charge in [0.2, 0.25) is 5.88 Å². The van der Waals surface area contributed by atoms with Gasteiger partial charge in [0.25, 0.3) is 0 Å². The van der Waals surface area contributed by atoms with Gasteiger partial charge in [-0.15, -0.1) is 11.3 Å². The fraction of sp³-hybridized carbons (Fsp3) is 0.385. The number of hydrogen-bond acceptors (Lipinski definition) is 4. The summed E-state index contributed by atoms with van der Waals surface area (Å²) in [6.07, 6.45) is 2.80. The first-order valence-corrected chi connectivity index (χ1v) is 6.44. The van der Waals surface area contributed by atoms with Crippen LogP contribution in [0.3, 0.4) is 0 Å². The van der Waals surface area contributed by atoms with Gasteiger partial charge < -0.3 is 4.74 Å². The molecule has 0 saturated heterocycles. The third kappa shape index (κ3) is 3.53. The highest BCUT2D eigenvalue weighted by molar-refractivity contribution is 7.11. The van der Waals surface area contributed by atoms with Crippen molar-refractivity contribution in [2.75, 3.05) is 6.61 Å². The van der Waals surface area contributed by atoms with Crippen LogP contribution in [0.1, 0.15) is 21.1 Å². The molecule has 2 aromatic heterocycles. The molecule has 0 radical (unpaired) electrons. The molecule has 0 aromatic carbocycles. The van der Waals surface area contributed by atoms with Crippen molar-refractivity contribution in [1.29, 1.82) is 0 Å². The highest BCUT2D eigenvalue weighted by atomic mass is 32.1. The van der Waals surface area contributed by atoms with E-state index >= 15 is 0 Å². The monoisotopic (exact) mass is 248 g/mol. The molecule has 0 unspecified atom stereocenters. The second-order valence-corrected chi connectivity index (χ2v) is 5.39. The van der Waals surface area contributed by atoms with E-state index < -0.39 is 0 Å². The minimum atomic E-state index is 0.650. The third-order valence-electron chi connectivity index (χ3n) is 2.34. The van der Waals surface area contributed by atoms with Crippen molar-refractivity contribution in [3.05, 3.63) is 39.5 Å². The van der Waals surface area contributed by atoms with Crippen LogP contribution < -0.4 is 4.74 Å². The minimum absolute atomic E-state index is 0.650. The van der Waals surface area contributed by atoms with Crippen molar-refractivity contribution in [2.45, 2.75) is 27.2 Å². The third-order valence-corrected chi connectivity index (χ3v) is 3.31. The van der Waals surface area contributed by atoms with Crippen LogP contribution in [0.4, 0.5) is 0 Å². The Balaban J connectivity index is 1.89. The van der Waals surface area contributed by atoms with Crippen LogP contribution in [0, 0.1) is 20.8 Å². The van der Waals surface area contributed by atoms with Crippen LogP contribution in [0.25, 0.3) is 0 Å². The summed E-state index contributed by atoms with van der Waals surface area (Å²) in [7, 11) is 0. The zero-order valence-corrected chi connectivity index (χ0v) is 11.2. The standard InChI is InChI=1S/C13H16N2OS/c1-9-6-10(2)15-13(7-9)16-5-4-12-8-14-11(3)17-12/h6-8H,4-5H2,1-3H3. The van der Waals surface area contributed by atoms with Crippen molar-refractivity contribution in [1.82, 2.24) is 9.97 Å². The SMILES string of the molecule is Cc1cc(C)nc(OCCc2cnc(C)s2)c1. The van der Waals surface area contributed by atoms with Crippen molar-refractivity contribution < 1.29 is 4.74 Å². The predicted molar refractivity (Wildman–Crippen MR) is 69.8 cm³/mol. The van der Waals surface area contributed by atoms with E-state index in [0.29, 0.717) is 12.5 Å². The molecule has 0 bridgehead atoms. The lowest BCUT2D eigenvalue weighted by Gasteiger charge is -2.06. The van der Waals surface area contributed by atoms with Crippen LogP contribution in [0.5, 0.6) is 5.88 Å². The molecule has 0 fully saturated rings. The molecule has 0 atom stereocenters. The van der Waals surface area contributed by atoms with E-state index in [0.717, 1.165) is 17.1 Å². The zero-order valence-electron chi connectivity index (χ0n) is 10.4. The molecule has 0 spiro atoms. The van der Waals surface area contributed by atoms with Gasteiger partial charge in [0.05, 0.1) is 11.6 Å². The first-order chi connectivity index (χ1) is 8.13. The van der Waals surface area contributed by atoms with Gasteiger partial charge >= 0.3 is 0 Å². The quantitative estimate of drug-likeness (QED) is 0.834. The van der Waals surface area contributed by atoms with Crippen LogP contribution in [-0.2, 0) is 6.42 Å². The van der Waals surface area contributed by atoms with Crippen LogP contribution in [0.2, 0.25) is 0 Å². The van der Waals surface area contributed by atoms with Gasteiger partial charge in [0, 0.05) is 29.3 Å². The van der Waals surface area contributed by atoms with Crippen molar-refractivity contribution in [2.24, 2.45) is 0 Å². The second kappa shape index (κ2) is 5.27. The van der Waals surface area contributed by atoms with Gasteiger partial charge in [0.1, 0.15) is 0 Å². The van der Waals surface area contributed by atoms with Crippen LogP contribution in [0.15, 0.2) is 18.3 Å². The Kier molecular flexibility index (Phi) is 3.74. The Morgan fingerprint density at radius 3 is 2.71 bits per heavy atom. The maximum Gasteiger partial charge on any atom is 0.213 e. The Labute approximate surface area is 106 Å². The summed E-state index contributed by atoms with van der Waals surface area (Å²) >= 11 is 1.72. The smallest absolute Gasteiger partial charge is 0.213 e. The highest BCUT2D eigenvalue weighted by Gasteiger charge is 2.01. The molecule has 2 heterocycles. The fourth-order valence-electron chi connectivity index (χ4n) is 1.66. The van der Waals surface area contributed by atoms with E-state index in [1.807, 2.05) is 39.1 Å². The van der Waals surface area contributed by atoms with Crippen molar-refractivity contribution in [3.8, 4) is 5.88 Å². The van der Waals surface area contributed by atoms with E-state index in [-0.39, 0.29) is 0 Å². The molecular weight excluding hydrogens is 232 g/mol. The first kappa shape index (κ1) is 12.0. The normalized spacial score (nSPS) is 10.5. The number of nitrogens with zero attached hydrogens (tertiary/aromatic N) is 2. The summed E-state index contributed by atoms with van der Waals surface area (Å²) in [5, 5.41) is 1.10. The maximum absolute atomic E-state index is 5.65. The summed E-state index contributed by atoms with van der Waals surface area (Å²) in [6.45, 7) is 6.69. The topological polar surface area (TPSA) is 35.0 Å². The van der Waals surface area contributed by atoms with Gasteiger partial charge in [-0.2, -0.15) is 0 Å². The molecule has 2 aromatic rings. The van der Waals surface area contributed by atoms with Crippen LogP contribution >= 0.6 is 11.3 Å². The van der Waals surface area contributed by atoms with Crippen LogP contribution in [-0.4, -0.2) is 16.6 Å². The Bertz CT molecular complexity index is 488. The number of aryl methyl sites for hydroxylation is 3. The van der Waals surface area contributed by atoms with E-state index in [9.17, 15) is 0 Å². The molecule has 90 valence electrons. The molecule has 0 N–H and O–H groups in total. The molecule has 0 aliphatic carbocycles. The highest BCUT2D eigenvalue weighted by Crippen LogP contribution is 2.14. The minimum Gasteiger partial charge on any atom is -0.477 e. The van der Waals surface area contributed by atoms with E-state index in [1.54, 1.807) is 11.3 Å². The summed E-state index contributed by atoms with van der Waals surface area (Å²) in [5.41, 5.74) is 2.18. The van der Waals surface area contributed by atoms with E-state index in [2.05, 4.69) is 9.97 Å². The largest absolute Gasteiger partial charge is 0.477 e. The number of thiazole rings is 1. The zero-order chi connectivity index (χ0) is 12.3. The van der Waals surface area contributed by atoms with Gasteiger partial charge in [-0.3, -0.25) is 0 Å². The van der Waals surface area contributed by atoms with Crippen molar-refractivity contribution in [3.63, 3.8) is 0 Å². The molecule has 17 heavy (non-hydrogen) atoms. The van der Waals surface area contributed by atoms with Crippen molar-refractivity contribution >= 4 is 11.3 Å². The number of rotatable bonds is 4. The fourth-order valence-corrected chi connectivity index (χ4v) is 2.43. The molecule has 0 aliphatic heterocycles. The lowest BCUT2D eigenvalue weighted by molar-refractivity contribution is 0.309. The molecule has 0 amide bonds. The molecule has 0 saturated carbocycles.